The molecule has 0 saturated heterocycles. The summed E-state index contributed by atoms with van der Waals surface area (Å²) in [6.45, 7) is 0. The van der Waals surface area contributed by atoms with Gasteiger partial charge in [0.25, 0.3) is 0 Å². The fourth-order valence-electron chi connectivity index (χ4n) is 3.46. The zero-order chi connectivity index (χ0) is 18.4. The van der Waals surface area contributed by atoms with Gasteiger partial charge in [0.2, 0.25) is 0 Å². The fourth-order valence-corrected chi connectivity index (χ4v) is 3.46. The van der Waals surface area contributed by atoms with Gasteiger partial charge >= 0.3 is 0 Å². The molecule has 2 atom stereocenters. The van der Waals surface area contributed by atoms with Gasteiger partial charge in [0, 0.05) is 28.0 Å². The Kier molecular flexibility index (Phi) is 4.00. The molecular weight excluding hydrogens is 343 g/mol. The molecule has 26 heavy (non-hydrogen) atoms. The normalized spacial score (nSPS) is 19.1. The molecule has 4 rings (SSSR count). The average molecular weight is 359 g/mol. The zero-order valence-electron chi connectivity index (χ0n) is 13.9. The van der Waals surface area contributed by atoms with Crippen molar-refractivity contribution >= 4 is 10.8 Å². The monoisotopic (exact) mass is 359 g/mol. The molecule has 3 nitrogen and oxygen atoms in total. The maximum Gasteiger partial charge on any atom is 0.161 e. The van der Waals surface area contributed by atoms with Gasteiger partial charge in [-0.1, -0.05) is 24.3 Å². The number of nitrogens with two attached hydrogens (primary N) is 1. The van der Waals surface area contributed by atoms with Crippen LogP contribution in [0.5, 0.6) is 11.5 Å². The van der Waals surface area contributed by atoms with E-state index < -0.39 is 29.6 Å². The van der Waals surface area contributed by atoms with E-state index in [1.807, 2.05) is 30.3 Å². The number of halogens is 3. The van der Waals surface area contributed by atoms with Crippen molar-refractivity contribution in [1.29, 1.82) is 0 Å². The van der Waals surface area contributed by atoms with Crippen LogP contribution in [0.2, 0.25) is 0 Å². The second kappa shape index (κ2) is 6.21. The molecule has 134 valence electrons. The summed E-state index contributed by atoms with van der Waals surface area (Å²) in [5, 5.41) is 1.63. The van der Waals surface area contributed by atoms with Gasteiger partial charge in [-0.15, -0.1) is 0 Å². The first-order chi connectivity index (χ1) is 12.5. The summed E-state index contributed by atoms with van der Waals surface area (Å²) in [6.07, 6.45) is -0.533. The largest absolute Gasteiger partial charge is 0.496 e. The van der Waals surface area contributed by atoms with E-state index in [9.17, 15) is 13.2 Å². The van der Waals surface area contributed by atoms with Gasteiger partial charge in [0.05, 0.1) is 13.2 Å². The highest BCUT2D eigenvalue weighted by atomic mass is 19.2. The topological polar surface area (TPSA) is 44.5 Å². The second-order valence-corrected chi connectivity index (χ2v) is 6.31. The first-order valence-corrected chi connectivity index (χ1v) is 8.15. The van der Waals surface area contributed by atoms with Crippen molar-refractivity contribution in [3.05, 3.63) is 71.0 Å². The lowest BCUT2D eigenvalue weighted by Crippen LogP contribution is -2.38. The minimum atomic E-state index is -1.24. The molecule has 1 aliphatic heterocycles. The van der Waals surface area contributed by atoms with Gasteiger partial charge in [0.1, 0.15) is 23.4 Å². The van der Waals surface area contributed by atoms with Gasteiger partial charge in [0.15, 0.2) is 11.6 Å². The van der Waals surface area contributed by atoms with Crippen LogP contribution in [0.3, 0.4) is 0 Å². The Morgan fingerprint density at radius 2 is 1.69 bits per heavy atom. The lowest BCUT2D eigenvalue weighted by atomic mass is 9.90. The Hall–Kier alpha value is -2.73. The van der Waals surface area contributed by atoms with E-state index >= 15 is 0 Å². The number of ether oxygens (including phenoxy) is 2. The third-order valence-corrected chi connectivity index (χ3v) is 4.69. The Balaban J connectivity index is 1.86. The molecular formula is C20H16F3NO2. The molecule has 3 aromatic carbocycles. The Morgan fingerprint density at radius 1 is 1.00 bits per heavy atom. The highest BCUT2D eigenvalue weighted by Crippen LogP contribution is 2.43. The quantitative estimate of drug-likeness (QED) is 0.695. The summed E-state index contributed by atoms with van der Waals surface area (Å²) in [4.78, 5) is 0. The number of hydrogen-bond donors (Lipinski definition) is 1. The minimum absolute atomic E-state index is 0.0954. The lowest BCUT2D eigenvalue weighted by molar-refractivity contribution is 0.151. The van der Waals surface area contributed by atoms with Crippen LogP contribution in [0, 0.1) is 17.5 Å². The van der Waals surface area contributed by atoms with E-state index in [1.165, 1.54) is 0 Å². The zero-order valence-corrected chi connectivity index (χ0v) is 13.9. The van der Waals surface area contributed by atoms with Crippen molar-refractivity contribution in [3.63, 3.8) is 0 Å². The highest BCUT2D eigenvalue weighted by molar-refractivity contribution is 5.94. The smallest absolute Gasteiger partial charge is 0.161 e. The first kappa shape index (κ1) is 16.7. The van der Waals surface area contributed by atoms with Gasteiger partial charge in [-0.3, -0.25) is 0 Å². The van der Waals surface area contributed by atoms with E-state index in [0.717, 1.165) is 22.4 Å². The molecule has 2 N–H and O–H groups in total. The summed E-state index contributed by atoms with van der Waals surface area (Å²) in [7, 11) is 1.58. The summed E-state index contributed by atoms with van der Waals surface area (Å²) in [6, 6.07) is 10.0. The molecule has 0 aromatic heterocycles. The molecule has 0 aliphatic carbocycles. The standard InChI is InChI=1S/C20H16F3NO2/c1-25-18-7-10-6-17(24)20(13-8-15(22)16(23)9-14(13)21)26-19(10)12-5-3-2-4-11(12)18/h2-5,7-9,17,20H,6,24H2,1H3/t17-,20?/m0/s1. The van der Waals surface area contributed by atoms with Crippen molar-refractivity contribution in [2.45, 2.75) is 18.6 Å². The molecule has 0 spiro atoms. The molecule has 0 bridgehead atoms. The SMILES string of the molecule is COc1cc2c(c3ccccc13)OC(c1cc(F)c(F)cc1F)[C@@H](N)C2. The highest BCUT2D eigenvalue weighted by Gasteiger charge is 2.33. The fraction of sp³-hybridized carbons (Fsp3) is 0.200. The molecule has 1 aliphatic rings. The van der Waals surface area contributed by atoms with Crippen LogP contribution in [0.1, 0.15) is 17.2 Å². The molecule has 3 aromatic rings. The summed E-state index contributed by atoms with van der Waals surface area (Å²) >= 11 is 0. The van der Waals surface area contributed by atoms with E-state index in [0.29, 0.717) is 24.0 Å². The molecule has 1 heterocycles. The van der Waals surface area contributed by atoms with E-state index in [4.69, 9.17) is 15.2 Å². The molecule has 0 amide bonds. The molecule has 1 unspecified atom stereocenters. The minimum Gasteiger partial charge on any atom is -0.496 e. The van der Waals surface area contributed by atoms with Crippen molar-refractivity contribution in [1.82, 2.24) is 0 Å². The lowest BCUT2D eigenvalue weighted by Gasteiger charge is -2.33. The molecule has 0 radical (unpaired) electrons. The van der Waals surface area contributed by atoms with E-state index in [1.54, 1.807) is 7.11 Å². The predicted molar refractivity (Wildman–Crippen MR) is 91.9 cm³/mol. The molecule has 0 saturated carbocycles. The second-order valence-electron chi connectivity index (χ2n) is 6.31. The van der Waals surface area contributed by atoms with Crippen LogP contribution in [0.4, 0.5) is 13.2 Å². The van der Waals surface area contributed by atoms with Crippen LogP contribution in [-0.4, -0.2) is 13.2 Å². The van der Waals surface area contributed by atoms with Crippen molar-refractivity contribution < 1.29 is 22.6 Å². The van der Waals surface area contributed by atoms with Gasteiger partial charge in [-0.05, 0) is 18.6 Å². The van der Waals surface area contributed by atoms with Crippen LogP contribution < -0.4 is 15.2 Å². The van der Waals surface area contributed by atoms with Crippen LogP contribution >= 0.6 is 0 Å². The average Bonchev–Trinajstić information content (AvgIpc) is 2.63. The van der Waals surface area contributed by atoms with Gasteiger partial charge in [-0.2, -0.15) is 0 Å². The number of benzene rings is 3. The maximum atomic E-state index is 14.2. The first-order valence-electron chi connectivity index (χ1n) is 8.15. The number of methoxy groups -OCH3 is 1. The Labute approximate surface area is 148 Å². The summed E-state index contributed by atoms with van der Waals surface area (Å²) < 4.78 is 52.6. The third-order valence-electron chi connectivity index (χ3n) is 4.69. The third kappa shape index (κ3) is 2.57. The summed E-state index contributed by atoms with van der Waals surface area (Å²) in [5.41, 5.74) is 6.90. The van der Waals surface area contributed by atoms with Gasteiger partial charge in [-0.25, -0.2) is 13.2 Å². The van der Waals surface area contributed by atoms with Crippen molar-refractivity contribution in [2.24, 2.45) is 5.73 Å². The van der Waals surface area contributed by atoms with Crippen molar-refractivity contribution in [2.75, 3.05) is 7.11 Å². The molecule has 0 fully saturated rings. The van der Waals surface area contributed by atoms with Gasteiger partial charge < -0.3 is 15.2 Å². The van der Waals surface area contributed by atoms with Crippen LogP contribution in [0.25, 0.3) is 10.8 Å². The maximum absolute atomic E-state index is 14.2. The van der Waals surface area contributed by atoms with E-state index in [2.05, 4.69) is 0 Å². The Bertz CT molecular complexity index is 1010. The number of fused-ring (bicyclic) bond motifs is 3. The molecule has 6 heteroatoms. The van der Waals surface area contributed by atoms with Crippen LogP contribution in [0.15, 0.2) is 42.5 Å². The number of rotatable bonds is 2. The van der Waals surface area contributed by atoms with Crippen LogP contribution in [-0.2, 0) is 6.42 Å². The van der Waals surface area contributed by atoms with E-state index in [-0.39, 0.29) is 5.56 Å². The van der Waals surface area contributed by atoms with Crippen molar-refractivity contribution in [3.8, 4) is 11.5 Å². The number of hydrogen-bond acceptors (Lipinski definition) is 3. The summed E-state index contributed by atoms with van der Waals surface area (Å²) in [5.74, 6) is -2.02. The predicted octanol–water partition coefficient (Wildman–Crippen LogP) is 4.27. The Morgan fingerprint density at radius 3 is 2.42 bits per heavy atom.